The molecule has 0 spiro atoms. The Kier molecular flexibility index (Phi) is 5.41. The molecule has 0 radical (unpaired) electrons. The number of rotatable bonds is 6. The summed E-state index contributed by atoms with van der Waals surface area (Å²) in [6.07, 6.45) is 2.05. The Balaban J connectivity index is 2.66. The molecule has 0 fully saturated rings. The molecule has 19 heavy (non-hydrogen) atoms. The van der Waals surface area contributed by atoms with Gasteiger partial charge in [-0.05, 0) is 32.4 Å². The van der Waals surface area contributed by atoms with Gasteiger partial charge < -0.3 is 5.32 Å². The van der Waals surface area contributed by atoms with Gasteiger partial charge in [0.2, 0.25) is 5.91 Å². The third kappa shape index (κ3) is 5.50. The van der Waals surface area contributed by atoms with Gasteiger partial charge in [-0.25, -0.2) is 8.42 Å². The summed E-state index contributed by atoms with van der Waals surface area (Å²) in [6.45, 7) is 6.00. The minimum atomic E-state index is -3.70. The third-order valence-electron chi connectivity index (χ3n) is 2.56. The highest BCUT2D eigenvalue weighted by atomic mass is 35.7. The lowest BCUT2D eigenvalue weighted by Gasteiger charge is -2.25. The van der Waals surface area contributed by atoms with Crippen molar-refractivity contribution in [1.29, 1.82) is 0 Å². The summed E-state index contributed by atoms with van der Waals surface area (Å²) < 4.78 is 22.3. The van der Waals surface area contributed by atoms with Gasteiger partial charge in [-0.3, -0.25) is 4.79 Å². The Morgan fingerprint density at radius 2 is 2.05 bits per heavy atom. The van der Waals surface area contributed by atoms with Crippen LogP contribution < -0.4 is 5.32 Å². The van der Waals surface area contributed by atoms with Crippen molar-refractivity contribution >= 4 is 37.0 Å². The summed E-state index contributed by atoms with van der Waals surface area (Å²) in [5.74, 6) is -0.112. The lowest BCUT2D eigenvalue weighted by molar-refractivity contribution is -0.122. The molecule has 1 heterocycles. The summed E-state index contributed by atoms with van der Waals surface area (Å²) in [7, 11) is 1.54. The fourth-order valence-electron chi connectivity index (χ4n) is 1.85. The molecule has 1 N–H and O–H groups in total. The molecule has 7 heteroatoms. The predicted molar refractivity (Wildman–Crippen MR) is 78.2 cm³/mol. The van der Waals surface area contributed by atoms with E-state index in [1.54, 1.807) is 6.07 Å². The van der Waals surface area contributed by atoms with Crippen LogP contribution >= 0.6 is 22.0 Å². The zero-order valence-electron chi connectivity index (χ0n) is 11.2. The van der Waals surface area contributed by atoms with Crippen LogP contribution in [-0.4, -0.2) is 19.9 Å². The number of halogens is 1. The molecule has 0 aromatic carbocycles. The number of nitrogens with one attached hydrogen (secondary N) is 1. The number of thiophene rings is 1. The number of hydrogen-bond acceptors (Lipinski definition) is 4. The smallest absolute Gasteiger partial charge is 0.270 e. The maximum atomic E-state index is 11.9. The summed E-state index contributed by atoms with van der Waals surface area (Å²) >= 11 is 1.03. The number of hydrogen-bond donors (Lipinski definition) is 1. The second-order valence-corrected chi connectivity index (χ2v) is 8.98. The van der Waals surface area contributed by atoms with Crippen molar-refractivity contribution in [3.63, 3.8) is 0 Å². The Morgan fingerprint density at radius 3 is 2.53 bits per heavy atom. The van der Waals surface area contributed by atoms with Crippen LogP contribution in [0.3, 0.4) is 0 Å². The standard InChI is InChI=1S/C12H18ClNO3S2/c1-4-7-12(2,3)14-10(15)8-9-5-6-11(18-9)19(13,16)17/h5-6H,4,7-8H2,1-3H3,(H,14,15). The van der Waals surface area contributed by atoms with Crippen LogP contribution in [0.25, 0.3) is 0 Å². The van der Waals surface area contributed by atoms with E-state index in [0.717, 1.165) is 24.2 Å². The van der Waals surface area contributed by atoms with E-state index in [2.05, 4.69) is 12.2 Å². The second kappa shape index (κ2) is 6.24. The third-order valence-corrected chi connectivity index (χ3v) is 5.74. The summed E-state index contributed by atoms with van der Waals surface area (Å²) in [5.41, 5.74) is -0.246. The van der Waals surface area contributed by atoms with Gasteiger partial charge in [-0.2, -0.15) is 0 Å². The van der Waals surface area contributed by atoms with Gasteiger partial charge in [0.1, 0.15) is 4.21 Å². The molecule has 0 saturated heterocycles. The molecule has 4 nitrogen and oxygen atoms in total. The van der Waals surface area contributed by atoms with Crippen molar-refractivity contribution in [2.45, 2.75) is 49.8 Å². The van der Waals surface area contributed by atoms with Crippen LogP contribution in [0.4, 0.5) is 0 Å². The molecule has 0 atom stereocenters. The zero-order chi connectivity index (χ0) is 14.7. The summed E-state index contributed by atoms with van der Waals surface area (Å²) in [5, 5.41) is 2.94. The number of carbonyl (C=O) groups is 1. The SMILES string of the molecule is CCCC(C)(C)NC(=O)Cc1ccc(S(=O)(=O)Cl)s1. The molecule has 1 aromatic heterocycles. The van der Waals surface area contributed by atoms with E-state index in [1.807, 2.05) is 13.8 Å². The first-order valence-corrected chi connectivity index (χ1v) is 9.11. The summed E-state index contributed by atoms with van der Waals surface area (Å²) in [6, 6.07) is 3.04. The average molecular weight is 324 g/mol. The maximum Gasteiger partial charge on any atom is 0.270 e. The van der Waals surface area contributed by atoms with Crippen molar-refractivity contribution in [3.8, 4) is 0 Å². The highest BCUT2D eigenvalue weighted by Crippen LogP contribution is 2.25. The first-order chi connectivity index (χ1) is 8.64. The van der Waals surface area contributed by atoms with Crippen LogP contribution in [0.2, 0.25) is 0 Å². The van der Waals surface area contributed by atoms with Gasteiger partial charge in [-0.15, -0.1) is 11.3 Å². The Hall–Kier alpha value is -0.590. The van der Waals surface area contributed by atoms with Crippen molar-refractivity contribution in [2.24, 2.45) is 0 Å². The van der Waals surface area contributed by atoms with Crippen LogP contribution in [-0.2, 0) is 20.3 Å². The molecule has 0 aliphatic carbocycles. The molecular formula is C12H18ClNO3S2. The van der Waals surface area contributed by atoms with Gasteiger partial charge in [0.25, 0.3) is 9.05 Å². The largest absolute Gasteiger partial charge is 0.351 e. The Labute approximate surface area is 122 Å². The van der Waals surface area contributed by atoms with Crippen molar-refractivity contribution < 1.29 is 13.2 Å². The highest BCUT2D eigenvalue weighted by Gasteiger charge is 2.20. The van der Waals surface area contributed by atoms with Crippen molar-refractivity contribution in [2.75, 3.05) is 0 Å². The topological polar surface area (TPSA) is 63.2 Å². The lowest BCUT2D eigenvalue weighted by atomic mass is 9.99. The number of carbonyl (C=O) groups excluding carboxylic acids is 1. The molecule has 0 bridgehead atoms. The van der Waals surface area contributed by atoms with E-state index < -0.39 is 9.05 Å². The second-order valence-electron chi connectivity index (χ2n) is 5.02. The van der Waals surface area contributed by atoms with Crippen molar-refractivity contribution in [1.82, 2.24) is 5.32 Å². The van der Waals surface area contributed by atoms with Crippen LogP contribution in [0.5, 0.6) is 0 Å². The molecular weight excluding hydrogens is 306 g/mol. The van der Waals surface area contributed by atoms with E-state index in [0.29, 0.717) is 4.88 Å². The minimum absolute atomic E-state index is 0.0739. The van der Waals surface area contributed by atoms with Crippen molar-refractivity contribution in [3.05, 3.63) is 17.0 Å². The van der Waals surface area contributed by atoms with E-state index in [1.165, 1.54) is 6.07 Å². The van der Waals surface area contributed by atoms with Crippen LogP contribution in [0.1, 0.15) is 38.5 Å². The van der Waals surface area contributed by atoms with Crippen LogP contribution in [0.15, 0.2) is 16.3 Å². The van der Waals surface area contributed by atoms with E-state index in [4.69, 9.17) is 10.7 Å². The van der Waals surface area contributed by atoms with Crippen LogP contribution in [0, 0.1) is 0 Å². The van der Waals surface area contributed by atoms with Gasteiger partial charge in [0.05, 0.1) is 6.42 Å². The maximum absolute atomic E-state index is 11.9. The molecule has 0 aliphatic heterocycles. The Morgan fingerprint density at radius 1 is 1.42 bits per heavy atom. The van der Waals surface area contributed by atoms with E-state index >= 15 is 0 Å². The summed E-state index contributed by atoms with van der Waals surface area (Å²) in [4.78, 5) is 12.6. The van der Waals surface area contributed by atoms with Gasteiger partial charge in [0, 0.05) is 21.1 Å². The normalized spacial score (nSPS) is 12.4. The van der Waals surface area contributed by atoms with E-state index in [9.17, 15) is 13.2 Å². The molecule has 1 rings (SSSR count). The van der Waals surface area contributed by atoms with Gasteiger partial charge >= 0.3 is 0 Å². The lowest BCUT2D eigenvalue weighted by Crippen LogP contribution is -2.43. The highest BCUT2D eigenvalue weighted by molar-refractivity contribution is 8.15. The monoisotopic (exact) mass is 323 g/mol. The molecule has 1 amide bonds. The molecule has 1 aromatic rings. The predicted octanol–water partition coefficient (Wildman–Crippen LogP) is 2.91. The van der Waals surface area contributed by atoms with Gasteiger partial charge in [0.15, 0.2) is 0 Å². The average Bonchev–Trinajstić information content (AvgIpc) is 2.63. The minimum Gasteiger partial charge on any atom is -0.351 e. The quantitative estimate of drug-likeness (QED) is 0.819. The fourth-order valence-corrected chi connectivity index (χ4v) is 3.97. The van der Waals surface area contributed by atoms with E-state index in [-0.39, 0.29) is 22.1 Å². The van der Waals surface area contributed by atoms with Gasteiger partial charge in [-0.1, -0.05) is 13.3 Å². The fraction of sp³-hybridized carbons (Fsp3) is 0.583. The molecule has 0 unspecified atom stereocenters. The Bertz CT molecular complexity index is 549. The molecule has 0 saturated carbocycles. The first-order valence-electron chi connectivity index (χ1n) is 5.98. The zero-order valence-corrected chi connectivity index (χ0v) is 13.6. The molecule has 0 aliphatic rings. The number of amides is 1. The molecule has 108 valence electrons. The first kappa shape index (κ1) is 16.5.